The van der Waals surface area contributed by atoms with Gasteiger partial charge in [0.1, 0.15) is 18.8 Å². The number of benzene rings is 2. The molecule has 0 saturated carbocycles. The number of nitro benzene ring substituents is 1. The van der Waals surface area contributed by atoms with Gasteiger partial charge in [-0.1, -0.05) is 29.3 Å². The topological polar surface area (TPSA) is 104 Å². The van der Waals surface area contributed by atoms with E-state index < -0.39 is 10.8 Å². The van der Waals surface area contributed by atoms with Crippen LogP contribution in [0.25, 0.3) is 0 Å². The van der Waals surface area contributed by atoms with Gasteiger partial charge in [0.15, 0.2) is 16.6 Å². The summed E-state index contributed by atoms with van der Waals surface area (Å²) in [7, 11) is 0. The molecule has 1 N–H and O–H groups in total. The van der Waals surface area contributed by atoms with Crippen molar-refractivity contribution >= 4 is 51.3 Å². The molecule has 0 unspecified atom stereocenters. The minimum absolute atomic E-state index is 0.137. The molecule has 2 aromatic carbocycles. The molecule has 0 spiro atoms. The van der Waals surface area contributed by atoms with Gasteiger partial charge >= 0.3 is 0 Å². The van der Waals surface area contributed by atoms with E-state index >= 15 is 0 Å². The maximum atomic E-state index is 12.7. The predicted octanol–water partition coefficient (Wildman–Crippen LogP) is 4.97. The smallest absolute Gasteiger partial charge is 0.286 e. The van der Waals surface area contributed by atoms with Crippen LogP contribution in [-0.2, 0) is 6.42 Å². The number of carbonyl (C=O) groups excluding carboxylic acids is 1. The third-order valence-corrected chi connectivity index (χ3v) is 5.76. The Balaban J connectivity index is 1.54. The molecule has 2 heterocycles. The summed E-state index contributed by atoms with van der Waals surface area (Å²) in [6.45, 7) is 0.587. The first kappa shape index (κ1) is 20.4. The number of carbonyl (C=O) groups is 1. The first-order chi connectivity index (χ1) is 14.4. The van der Waals surface area contributed by atoms with E-state index in [1.165, 1.54) is 23.5 Å². The average molecular weight is 466 g/mol. The Hall–Kier alpha value is -2.88. The summed E-state index contributed by atoms with van der Waals surface area (Å²) < 4.78 is 10.8. The standard InChI is InChI=1S/C19H13Cl2N3O5S/c20-11-2-1-10(14(21)6-11)5-12-9-22-19(30-12)23-18(25)13-7-16-17(29-4-3-28-16)8-15(13)24(26)27/h1-2,6-9H,3-5H2,(H,22,23,25). The molecule has 154 valence electrons. The van der Waals surface area contributed by atoms with Crippen molar-refractivity contribution in [2.75, 3.05) is 18.5 Å². The molecule has 8 nitrogen and oxygen atoms in total. The van der Waals surface area contributed by atoms with Crippen LogP contribution in [0.5, 0.6) is 11.5 Å². The number of ether oxygens (including phenoxy) is 2. The van der Waals surface area contributed by atoms with Crippen molar-refractivity contribution < 1.29 is 19.2 Å². The fraction of sp³-hybridized carbons (Fsp3) is 0.158. The van der Waals surface area contributed by atoms with Gasteiger partial charge in [-0.2, -0.15) is 0 Å². The van der Waals surface area contributed by atoms with Crippen LogP contribution in [0.15, 0.2) is 36.5 Å². The molecule has 4 rings (SSSR count). The molecule has 0 radical (unpaired) electrons. The number of nitro groups is 1. The summed E-state index contributed by atoms with van der Waals surface area (Å²) in [6, 6.07) is 7.72. The van der Waals surface area contributed by atoms with E-state index in [4.69, 9.17) is 32.7 Å². The number of hydrogen-bond acceptors (Lipinski definition) is 7. The molecule has 0 atom stereocenters. The number of amides is 1. The van der Waals surface area contributed by atoms with Crippen molar-refractivity contribution in [2.24, 2.45) is 0 Å². The van der Waals surface area contributed by atoms with Gasteiger partial charge in [-0.3, -0.25) is 20.2 Å². The van der Waals surface area contributed by atoms with Crippen LogP contribution < -0.4 is 14.8 Å². The van der Waals surface area contributed by atoms with Gasteiger partial charge < -0.3 is 9.47 Å². The van der Waals surface area contributed by atoms with Gasteiger partial charge in [-0.25, -0.2) is 4.98 Å². The molecule has 11 heteroatoms. The number of aromatic nitrogens is 1. The highest BCUT2D eigenvalue weighted by Gasteiger charge is 2.27. The third-order valence-electron chi connectivity index (χ3n) is 4.26. The van der Waals surface area contributed by atoms with Crippen molar-refractivity contribution in [3.63, 3.8) is 0 Å². The summed E-state index contributed by atoms with van der Waals surface area (Å²) in [6.07, 6.45) is 2.12. The zero-order valence-electron chi connectivity index (χ0n) is 15.2. The Morgan fingerprint density at radius 3 is 2.63 bits per heavy atom. The minimum atomic E-state index is -0.663. The van der Waals surface area contributed by atoms with E-state index in [9.17, 15) is 14.9 Å². The second-order valence-electron chi connectivity index (χ2n) is 6.27. The summed E-state index contributed by atoms with van der Waals surface area (Å²) in [5.74, 6) is -0.140. The number of thiazole rings is 1. The lowest BCUT2D eigenvalue weighted by molar-refractivity contribution is -0.385. The number of anilines is 1. The Kier molecular flexibility index (Phi) is 5.76. The molecule has 30 heavy (non-hydrogen) atoms. The number of hydrogen-bond donors (Lipinski definition) is 1. The fourth-order valence-corrected chi connectivity index (χ4v) is 4.18. The number of nitrogens with one attached hydrogen (secondary N) is 1. The maximum absolute atomic E-state index is 12.7. The quantitative estimate of drug-likeness (QED) is 0.421. The summed E-state index contributed by atoms with van der Waals surface area (Å²) in [5.41, 5.74) is 0.355. The van der Waals surface area contributed by atoms with Crippen molar-refractivity contribution in [3.05, 3.63) is 72.7 Å². The Morgan fingerprint density at radius 2 is 1.93 bits per heavy atom. The SMILES string of the molecule is O=C(Nc1ncc(Cc2ccc(Cl)cc2Cl)s1)c1cc2c(cc1[N+](=O)[O-])OCCO2. The average Bonchev–Trinajstić information content (AvgIpc) is 3.15. The Morgan fingerprint density at radius 1 is 1.20 bits per heavy atom. The van der Waals surface area contributed by atoms with Gasteiger partial charge in [0.25, 0.3) is 11.6 Å². The molecule has 0 aliphatic carbocycles. The van der Waals surface area contributed by atoms with Crippen LogP contribution in [0.1, 0.15) is 20.8 Å². The minimum Gasteiger partial charge on any atom is -0.486 e. The number of fused-ring (bicyclic) bond motifs is 1. The fourth-order valence-electron chi connectivity index (χ4n) is 2.88. The Labute approximate surface area is 184 Å². The normalized spacial score (nSPS) is 12.5. The second kappa shape index (κ2) is 8.47. The third kappa shape index (κ3) is 4.33. The van der Waals surface area contributed by atoms with Gasteiger partial charge in [0.2, 0.25) is 0 Å². The molecule has 0 fully saturated rings. The van der Waals surface area contributed by atoms with Crippen molar-refractivity contribution in [2.45, 2.75) is 6.42 Å². The zero-order chi connectivity index (χ0) is 21.3. The highest BCUT2D eigenvalue weighted by atomic mass is 35.5. The van der Waals surface area contributed by atoms with Crippen LogP contribution in [0.2, 0.25) is 10.0 Å². The lowest BCUT2D eigenvalue weighted by Crippen LogP contribution is -2.18. The van der Waals surface area contributed by atoms with E-state index in [-0.39, 0.29) is 29.4 Å². The van der Waals surface area contributed by atoms with Gasteiger partial charge in [0, 0.05) is 33.6 Å². The van der Waals surface area contributed by atoms with Crippen LogP contribution in [0, 0.1) is 10.1 Å². The first-order valence-electron chi connectivity index (χ1n) is 8.69. The van der Waals surface area contributed by atoms with E-state index in [2.05, 4.69) is 10.3 Å². The predicted molar refractivity (Wildman–Crippen MR) is 113 cm³/mol. The lowest BCUT2D eigenvalue weighted by atomic mass is 10.1. The van der Waals surface area contributed by atoms with Crippen LogP contribution in [-0.4, -0.2) is 29.0 Å². The molecule has 1 amide bonds. The first-order valence-corrected chi connectivity index (χ1v) is 10.3. The number of rotatable bonds is 5. The summed E-state index contributed by atoms with van der Waals surface area (Å²) >= 11 is 13.4. The highest BCUT2D eigenvalue weighted by Crippen LogP contribution is 2.37. The van der Waals surface area contributed by atoms with E-state index in [1.54, 1.807) is 18.3 Å². The second-order valence-corrected chi connectivity index (χ2v) is 8.23. The molecule has 0 saturated heterocycles. The zero-order valence-corrected chi connectivity index (χ0v) is 17.5. The van der Waals surface area contributed by atoms with E-state index in [0.29, 0.717) is 28.2 Å². The molecule has 1 aliphatic rings. The molecule has 3 aromatic rings. The number of halogens is 2. The largest absolute Gasteiger partial charge is 0.486 e. The molecule has 0 bridgehead atoms. The highest BCUT2D eigenvalue weighted by molar-refractivity contribution is 7.15. The molecular weight excluding hydrogens is 453 g/mol. The molecular formula is C19H13Cl2N3O5S. The van der Waals surface area contributed by atoms with Crippen LogP contribution in [0.3, 0.4) is 0 Å². The van der Waals surface area contributed by atoms with Crippen LogP contribution in [0.4, 0.5) is 10.8 Å². The van der Waals surface area contributed by atoms with Crippen molar-refractivity contribution in [1.82, 2.24) is 4.98 Å². The van der Waals surface area contributed by atoms with Crippen molar-refractivity contribution in [1.29, 1.82) is 0 Å². The molecule has 1 aromatic heterocycles. The van der Waals surface area contributed by atoms with Gasteiger partial charge in [-0.05, 0) is 17.7 Å². The maximum Gasteiger partial charge on any atom is 0.286 e. The summed E-state index contributed by atoms with van der Waals surface area (Å²) in [5, 5.41) is 15.4. The monoisotopic (exact) mass is 465 g/mol. The van der Waals surface area contributed by atoms with E-state index in [1.807, 2.05) is 6.07 Å². The van der Waals surface area contributed by atoms with Crippen molar-refractivity contribution in [3.8, 4) is 11.5 Å². The summed E-state index contributed by atoms with van der Waals surface area (Å²) in [4.78, 5) is 28.5. The van der Waals surface area contributed by atoms with Gasteiger partial charge in [-0.15, -0.1) is 11.3 Å². The van der Waals surface area contributed by atoms with Crippen LogP contribution >= 0.6 is 34.5 Å². The van der Waals surface area contributed by atoms with E-state index in [0.717, 1.165) is 10.4 Å². The number of nitrogens with zero attached hydrogens (tertiary/aromatic N) is 2. The van der Waals surface area contributed by atoms with Gasteiger partial charge in [0.05, 0.1) is 11.0 Å². The Bertz CT molecular complexity index is 1150. The molecule has 1 aliphatic heterocycles. The lowest BCUT2D eigenvalue weighted by Gasteiger charge is -2.18.